The van der Waals surface area contributed by atoms with Crippen molar-refractivity contribution >= 4 is 21.6 Å². The van der Waals surface area contributed by atoms with Gasteiger partial charge in [0.05, 0.1) is 17.0 Å². The zero-order chi connectivity index (χ0) is 13.4. The minimum atomic E-state index is -3.01. The summed E-state index contributed by atoms with van der Waals surface area (Å²) in [6, 6.07) is 4.59. The molecule has 98 valence electrons. The molecule has 1 fully saturated rings. The van der Waals surface area contributed by atoms with Crippen LogP contribution >= 0.6 is 0 Å². The van der Waals surface area contributed by atoms with Gasteiger partial charge in [-0.05, 0) is 25.5 Å². The topological polar surface area (TPSA) is 96.4 Å². The average molecular weight is 270 g/mol. The van der Waals surface area contributed by atoms with Crippen LogP contribution in [-0.4, -0.2) is 41.5 Å². The lowest BCUT2D eigenvalue weighted by atomic mass is 10.0. The summed E-state index contributed by atoms with van der Waals surface area (Å²) in [5.41, 5.74) is -0.646. The van der Waals surface area contributed by atoms with Crippen molar-refractivity contribution in [3.05, 3.63) is 23.9 Å². The molecule has 2 heterocycles. The normalized spacial score (nSPS) is 25.8. The highest BCUT2D eigenvalue weighted by molar-refractivity contribution is 7.91. The van der Waals surface area contributed by atoms with Crippen LogP contribution in [0.25, 0.3) is 0 Å². The number of nitrogens with one attached hydrogen (secondary N) is 1. The third kappa shape index (κ3) is 2.79. The second kappa shape index (κ2) is 4.24. The number of carbonyl (C=O) groups is 1. The van der Waals surface area contributed by atoms with E-state index >= 15 is 0 Å². The summed E-state index contributed by atoms with van der Waals surface area (Å²) in [4.78, 5) is 14.7. The van der Waals surface area contributed by atoms with Gasteiger partial charge in [0.1, 0.15) is 5.82 Å². The number of carboxylic acids is 1. The first-order valence-electron chi connectivity index (χ1n) is 5.49. The van der Waals surface area contributed by atoms with Crippen LogP contribution in [0.5, 0.6) is 0 Å². The highest BCUT2D eigenvalue weighted by atomic mass is 32.2. The molecule has 1 aliphatic heterocycles. The van der Waals surface area contributed by atoms with Gasteiger partial charge in [0.15, 0.2) is 15.5 Å². The number of hydrogen-bond donors (Lipinski definition) is 2. The first kappa shape index (κ1) is 12.8. The Hall–Kier alpha value is -1.63. The summed E-state index contributed by atoms with van der Waals surface area (Å²) < 4.78 is 22.9. The maximum absolute atomic E-state index is 11.5. The molecule has 0 spiro atoms. The van der Waals surface area contributed by atoms with Crippen molar-refractivity contribution in [2.45, 2.75) is 18.9 Å². The molecule has 0 aliphatic carbocycles. The lowest BCUT2D eigenvalue weighted by Crippen LogP contribution is -2.36. The molecule has 6 nitrogen and oxygen atoms in total. The van der Waals surface area contributed by atoms with E-state index < -0.39 is 21.3 Å². The largest absolute Gasteiger partial charge is 0.477 e. The molecule has 1 unspecified atom stereocenters. The highest BCUT2D eigenvalue weighted by Crippen LogP contribution is 2.26. The predicted octanol–water partition coefficient (Wildman–Crippen LogP) is 0.769. The van der Waals surface area contributed by atoms with Crippen molar-refractivity contribution in [3.63, 3.8) is 0 Å². The van der Waals surface area contributed by atoms with Crippen molar-refractivity contribution < 1.29 is 18.3 Å². The van der Waals surface area contributed by atoms with Gasteiger partial charge in [-0.25, -0.2) is 18.2 Å². The molecule has 18 heavy (non-hydrogen) atoms. The number of nitrogens with zero attached hydrogens (tertiary/aromatic N) is 1. The van der Waals surface area contributed by atoms with Gasteiger partial charge >= 0.3 is 5.97 Å². The Balaban J connectivity index is 2.20. The van der Waals surface area contributed by atoms with E-state index in [1.54, 1.807) is 19.1 Å². The molecule has 1 aliphatic rings. The van der Waals surface area contributed by atoms with Crippen LogP contribution in [-0.2, 0) is 9.84 Å². The lowest BCUT2D eigenvalue weighted by molar-refractivity contribution is 0.0690. The van der Waals surface area contributed by atoms with Crippen molar-refractivity contribution in [3.8, 4) is 0 Å². The molecule has 2 rings (SSSR count). The summed E-state index contributed by atoms with van der Waals surface area (Å²) in [7, 11) is -3.01. The van der Waals surface area contributed by atoms with E-state index in [9.17, 15) is 13.2 Å². The second-order valence-corrected chi connectivity index (χ2v) is 6.92. The van der Waals surface area contributed by atoms with E-state index in [2.05, 4.69) is 10.3 Å². The Kier molecular flexibility index (Phi) is 3.02. The van der Waals surface area contributed by atoms with Crippen molar-refractivity contribution in [2.75, 3.05) is 16.8 Å². The molecule has 0 aromatic carbocycles. The number of anilines is 1. The molecule has 0 radical (unpaired) electrons. The van der Waals surface area contributed by atoms with Gasteiger partial charge in [-0.2, -0.15) is 0 Å². The van der Waals surface area contributed by atoms with Gasteiger partial charge in [-0.1, -0.05) is 6.07 Å². The molecule has 1 aromatic rings. The standard InChI is InChI=1S/C11H14N2O4S/c1-11(5-6-18(16,17)7-11)13-9-4-2-3-8(12-9)10(14)15/h2-4H,5-7H2,1H3,(H,12,13)(H,14,15). The number of carboxylic acid groups (broad SMARTS) is 1. The summed E-state index contributed by atoms with van der Waals surface area (Å²) in [5.74, 6) is -0.536. The van der Waals surface area contributed by atoms with Gasteiger partial charge in [0, 0.05) is 0 Å². The smallest absolute Gasteiger partial charge is 0.354 e. The zero-order valence-electron chi connectivity index (χ0n) is 9.88. The molecule has 1 atom stereocenters. The summed E-state index contributed by atoms with van der Waals surface area (Å²) in [5, 5.41) is 11.8. The summed E-state index contributed by atoms with van der Waals surface area (Å²) >= 11 is 0. The van der Waals surface area contributed by atoms with E-state index in [0.717, 1.165) is 0 Å². The number of aromatic carboxylic acids is 1. The Morgan fingerprint density at radius 1 is 1.50 bits per heavy atom. The Bertz CT molecular complexity index is 584. The second-order valence-electron chi connectivity index (χ2n) is 4.74. The third-order valence-electron chi connectivity index (χ3n) is 2.90. The zero-order valence-corrected chi connectivity index (χ0v) is 10.7. The molecule has 0 saturated carbocycles. The summed E-state index contributed by atoms with van der Waals surface area (Å²) in [6.45, 7) is 1.80. The molecule has 1 aromatic heterocycles. The fourth-order valence-corrected chi connectivity index (χ4v) is 4.13. The Morgan fingerprint density at radius 3 is 2.78 bits per heavy atom. The van der Waals surface area contributed by atoms with Gasteiger partial charge in [-0.15, -0.1) is 0 Å². The van der Waals surface area contributed by atoms with Gasteiger partial charge < -0.3 is 10.4 Å². The average Bonchev–Trinajstić information content (AvgIpc) is 2.53. The van der Waals surface area contributed by atoms with E-state index in [4.69, 9.17) is 5.11 Å². The lowest BCUT2D eigenvalue weighted by Gasteiger charge is -2.24. The first-order chi connectivity index (χ1) is 8.30. The molecule has 2 N–H and O–H groups in total. The summed E-state index contributed by atoms with van der Waals surface area (Å²) in [6.07, 6.45) is 0.494. The number of aromatic nitrogens is 1. The number of sulfone groups is 1. The van der Waals surface area contributed by atoms with Crippen LogP contribution in [0.2, 0.25) is 0 Å². The highest BCUT2D eigenvalue weighted by Gasteiger charge is 2.38. The number of pyridine rings is 1. The maximum atomic E-state index is 11.5. The van der Waals surface area contributed by atoms with Crippen LogP contribution in [0.3, 0.4) is 0 Å². The number of rotatable bonds is 3. The van der Waals surface area contributed by atoms with Crippen molar-refractivity contribution in [1.82, 2.24) is 4.98 Å². The molecule has 7 heteroatoms. The maximum Gasteiger partial charge on any atom is 0.354 e. The van der Waals surface area contributed by atoms with E-state index in [-0.39, 0.29) is 17.2 Å². The van der Waals surface area contributed by atoms with Gasteiger partial charge in [0.2, 0.25) is 0 Å². The van der Waals surface area contributed by atoms with Crippen molar-refractivity contribution in [2.24, 2.45) is 0 Å². The van der Waals surface area contributed by atoms with E-state index in [0.29, 0.717) is 12.2 Å². The SMILES string of the molecule is CC1(Nc2cccc(C(=O)O)n2)CCS(=O)(=O)C1. The number of hydrogen-bond acceptors (Lipinski definition) is 5. The quantitative estimate of drug-likeness (QED) is 0.842. The molecular formula is C11H14N2O4S. The monoisotopic (exact) mass is 270 g/mol. The van der Waals surface area contributed by atoms with Gasteiger partial charge in [0.25, 0.3) is 0 Å². The predicted molar refractivity (Wildman–Crippen MR) is 66.5 cm³/mol. The van der Waals surface area contributed by atoms with Crippen LogP contribution in [0.4, 0.5) is 5.82 Å². The fraction of sp³-hybridized carbons (Fsp3) is 0.455. The van der Waals surface area contributed by atoms with Crippen LogP contribution < -0.4 is 5.32 Å². The van der Waals surface area contributed by atoms with E-state index in [1.807, 2.05) is 0 Å². The van der Waals surface area contributed by atoms with Crippen molar-refractivity contribution in [1.29, 1.82) is 0 Å². The Morgan fingerprint density at radius 2 is 2.22 bits per heavy atom. The van der Waals surface area contributed by atoms with Crippen LogP contribution in [0, 0.1) is 0 Å². The van der Waals surface area contributed by atoms with E-state index in [1.165, 1.54) is 6.07 Å². The minimum Gasteiger partial charge on any atom is -0.477 e. The Labute approximate surface area is 105 Å². The van der Waals surface area contributed by atoms with Crippen LogP contribution in [0.1, 0.15) is 23.8 Å². The first-order valence-corrected chi connectivity index (χ1v) is 7.31. The molecule has 0 bridgehead atoms. The fourth-order valence-electron chi connectivity index (χ4n) is 2.04. The third-order valence-corrected chi connectivity index (χ3v) is 4.80. The van der Waals surface area contributed by atoms with Crippen LogP contribution in [0.15, 0.2) is 18.2 Å². The molecule has 1 saturated heterocycles. The van der Waals surface area contributed by atoms with Gasteiger partial charge in [-0.3, -0.25) is 0 Å². The molecular weight excluding hydrogens is 256 g/mol. The minimum absolute atomic E-state index is 0.0407. The molecule has 0 amide bonds.